The first-order valence-corrected chi connectivity index (χ1v) is 6.66. The minimum absolute atomic E-state index is 0.311. The molecule has 0 aromatic heterocycles. The van der Waals surface area contributed by atoms with Gasteiger partial charge < -0.3 is 10.5 Å². The molecule has 0 amide bonds. The summed E-state index contributed by atoms with van der Waals surface area (Å²) < 4.78 is 5.96. The molecule has 0 heterocycles. The van der Waals surface area contributed by atoms with Crippen LogP contribution in [0.15, 0.2) is 22.7 Å². The molecule has 0 atom stereocenters. The third-order valence-corrected chi connectivity index (χ3v) is 2.84. The number of hydrogen-bond donors (Lipinski definition) is 1. The molecule has 0 radical (unpaired) electrons. The molecule has 0 aliphatic rings. The second kappa shape index (κ2) is 7.33. The van der Waals surface area contributed by atoms with E-state index in [2.05, 4.69) is 22.9 Å². The molecule has 0 unspecified atom stereocenters. The Morgan fingerprint density at radius 3 is 2.71 bits per heavy atom. The number of ether oxygens (including phenoxy) is 1. The Balaban J connectivity index is 2.41. The number of carbonyl (C=O) groups excluding carboxylic acids is 1. The summed E-state index contributed by atoms with van der Waals surface area (Å²) in [6, 6.07) is 5.09. The van der Waals surface area contributed by atoms with Gasteiger partial charge in [0, 0.05) is 10.2 Å². The largest absolute Gasteiger partial charge is 0.462 e. The molecular formula is C13H18BrNO2. The summed E-state index contributed by atoms with van der Waals surface area (Å²) in [5.41, 5.74) is 6.70. The lowest BCUT2D eigenvalue weighted by Crippen LogP contribution is -2.07. The maximum Gasteiger partial charge on any atom is 0.338 e. The maximum absolute atomic E-state index is 11.7. The van der Waals surface area contributed by atoms with Gasteiger partial charge in [0.25, 0.3) is 0 Å². The molecule has 0 saturated heterocycles. The Morgan fingerprint density at radius 2 is 2.06 bits per heavy atom. The van der Waals surface area contributed by atoms with Crippen molar-refractivity contribution < 1.29 is 9.53 Å². The summed E-state index contributed by atoms with van der Waals surface area (Å²) >= 11 is 3.30. The van der Waals surface area contributed by atoms with Crippen molar-refractivity contribution in [1.82, 2.24) is 0 Å². The van der Waals surface area contributed by atoms with Crippen LogP contribution in [0.1, 0.15) is 43.0 Å². The van der Waals surface area contributed by atoms with Crippen LogP contribution in [0.25, 0.3) is 0 Å². The van der Waals surface area contributed by atoms with E-state index in [9.17, 15) is 4.79 Å². The zero-order chi connectivity index (χ0) is 12.7. The van der Waals surface area contributed by atoms with Crippen molar-refractivity contribution in [1.29, 1.82) is 0 Å². The van der Waals surface area contributed by atoms with Crippen LogP contribution in [0.2, 0.25) is 0 Å². The van der Waals surface area contributed by atoms with E-state index in [0.29, 0.717) is 17.9 Å². The number of carbonyl (C=O) groups is 1. The van der Waals surface area contributed by atoms with E-state index in [-0.39, 0.29) is 5.97 Å². The molecular weight excluding hydrogens is 282 g/mol. The van der Waals surface area contributed by atoms with Crippen molar-refractivity contribution in [2.45, 2.75) is 32.6 Å². The zero-order valence-corrected chi connectivity index (χ0v) is 11.6. The van der Waals surface area contributed by atoms with Gasteiger partial charge in [-0.1, -0.05) is 42.1 Å². The van der Waals surface area contributed by atoms with E-state index in [4.69, 9.17) is 10.5 Å². The van der Waals surface area contributed by atoms with Gasteiger partial charge in [0.05, 0.1) is 12.2 Å². The van der Waals surface area contributed by atoms with Gasteiger partial charge in [-0.15, -0.1) is 0 Å². The van der Waals surface area contributed by atoms with Gasteiger partial charge in [0.15, 0.2) is 0 Å². The van der Waals surface area contributed by atoms with Gasteiger partial charge in [0.2, 0.25) is 0 Å². The highest BCUT2D eigenvalue weighted by atomic mass is 79.9. The minimum atomic E-state index is -0.311. The average Bonchev–Trinajstić information content (AvgIpc) is 2.27. The molecule has 1 rings (SSSR count). The van der Waals surface area contributed by atoms with Gasteiger partial charge in [0.1, 0.15) is 0 Å². The summed E-state index contributed by atoms with van der Waals surface area (Å²) in [6.45, 7) is 2.63. The molecule has 0 aliphatic carbocycles. The Morgan fingerprint density at radius 1 is 1.29 bits per heavy atom. The summed E-state index contributed by atoms with van der Waals surface area (Å²) in [5.74, 6) is -0.311. The Labute approximate surface area is 110 Å². The van der Waals surface area contributed by atoms with E-state index < -0.39 is 0 Å². The average molecular weight is 300 g/mol. The van der Waals surface area contributed by atoms with E-state index in [1.165, 1.54) is 12.8 Å². The zero-order valence-electron chi connectivity index (χ0n) is 10.0. The van der Waals surface area contributed by atoms with Crippen LogP contribution in [0.5, 0.6) is 0 Å². The smallest absolute Gasteiger partial charge is 0.338 e. The van der Waals surface area contributed by atoms with Crippen molar-refractivity contribution in [3.63, 3.8) is 0 Å². The predicted octanol–water partition coefficient (Wildman–Crippen LogP) is 3.77. The van der Waals surface area contributed by atoms with Crippen LogP contribution in [-0.4, -0.2) is 12.6 Å². The fraction of sp³-hybridized carbons (Fsp3) is 0.462. The van der Waals surface area contributed by atoms with Gasteiger partial charge in [-0.3, -0.25) is 0 Å². The fourth-order valence-electron chi connectivity index (χ4n) is 1.51. The quantitative estimate of drug-likeness (QED) is 0.494. The Bertz CT molecular complexity index is 359. The molecule has 3 nitrogen and oxygen atoms in total. The molecule has 0 spiro atoms. The summed E-state index contributed by atoms with van der Waals surface area (Å²) in [4.78, 5) is 11.7. The first-order chi connectivity index (χ1) is 8.13. The second-order valence-corrected chi connectivity index (χ2v) is 4.89. The number of anilines is 1. The van der Waals surface area contributed by atoms with Gasteiger partial charge >= 0.3 is 5.97 Å². The van der Waals surface area contributed by atoms with Gasteiger partial charge in [-0.05, 0) is 24.6 Å². The van der Waals surface area contributed by atoms with Crippen LogP contribution in [-0.2, 0) is 4.74 Å². The van der Waals surface area contributed by atoms with Crippen LogP contribution >= 0.6 is 15.9 Å². The standard InChI is InChI=1S/C13H18BrNO2/c1-2-3-4-5-6-17-13(16)10-7-11(14)9-12(15)8-10/h7-9H,2-6,15H2,1H3. The second-order valence-electron chi connectivity index (χ2n) is 3.97. The molecule has 1 aromatic carbocycles. The molecule has 0 fully saturated rings. The van der Waals surface area contributed by atoms with E-state index in [1.54, 1.807) is 18.2 Å². The first-order valence-electron chi connectivity index (χ1n) is 5.86. The number of benzene rings is 1. The summed E-state index contributed by atoms with van der Waals surface area (Å²) in [6.07, 6.45) is 4.38. The molecule has 4 heteroatoms. The number of nitrogen functional groups attached to an aromatic ring is 1. The number of halogens is 1. The lowest BCUT2D eigenvalue weighted by atomic mass is 10.2. The van der Waals surface area contributed by atoms with Crippen LogP contribution in [0.3, 0.4) is 0 Å². The number of hydrogen-bond acceptors (Lipinski definition) is 3. The highest BCUT2D eigenvalue weighted by Crippen LogP contribution is 2.18. The van der Waals surface area contributed by atoms with E-state index in [1.807, 2.05) is 0 Å². The Hall–Kier alpha value is -1.03. The molecule has 0 bridgehead atoms. The predicted molar refractivity (Wildman–Crippen MR) is 73.0 cm³/mol. The molecule has 1 aromatic rings. The maximum atomic E-state index is 11.7. The van der Waals surface area contributed by atoms with Crippen molar-refractivity contribution >= 4 is 27.6 Å². The molecule has 0 saturated carbocycles. The van der Waals surface area contributed by atoms with Crippen LogP contribution in [0, 0.1) is 0 Å². The molecule has 2 N–H and O–H groups in total. The molecule has 0 aliphatic heterocycles. The number of esters is 1. The number of unbranched alkanes of at least 4 members (excludes halogenated alkanes) is 3. The Kier molecular flexibility index (Phi) is 6.05. The number of nitrogens with two attached hydrogens (primary N) is 1. The third kappa shape index (κ3) is 5.22. The van der Waals surface area contributed by atoms with E-state index >= 15 is 0 Å². The highest BCUT2D eigenvalue weighted by Gasteiger charge is 2.08. The topological polar surface area (TPSA) is 52.3 Å². The van der Waals surface area contributed by atoms with Crippen molar-refractivity contribution in [2.75, 3.05) is 12.3 Å². The number of rotatable bonds is 6. The van der Waals surface area contributed by atoms with Crippen molar-refractivity contribution in [3.05, 3.63) is 28.2 Å². The lowest BCUT2D eigenvalue weighted by Gasteiger charge is -2.05. The van der Waals surface area contributed by atoms with E-state index in [0.717, 1.165) is 17.3 Å². The SMILES string of the molecule is CCCCCCOC(=O)c1cc(N)cc(Br)c1. The lowest BCUT2D eigenvalue weighted by molar-refractivity contribution is 0.0498. The molecule has 94 valence electrons. The van der Waals surface area contributed by atoms with Gasteiger partial charge in [-0.25, -0.2) is 4.79 Å². The fourth-order valence-corrected chi connectivity index (χ4v) is 2.02. The van der Waals surface area contributed by atoms with Crippen molar-refractivity contribution in [2.24, 2.45) is 0 Å². The third-order valence-electron chi connectivity index (χ3n) is 2.39. The van der Waals surface area contributed by atoms with Crippen LogP contribution < -0.4 is 5.73 Å². The van der Waals surface area contributed by atoms with Crippen LogP contribution in [0.4, 0.5) is 5.69 Å². The first kappa shape index (κ1) is 14.0. The molecule has 17 heavy (non-hydrogen) atoms. The minimum Gasteiger partial charge on any atom is -0.462 e. The monoisotopic (exact) mass is 299 g/mol. The normalized spacial score (nSPS) is 10.2. The summed E-state index contributed by atoms with van der Waals surface area (Å²) in [5, 5.41) is 0. The van der Waals surface area contributed by atoms with Gasteiger partial charge in [-0.2, -0.15) is 0 Å². The van der Waals surface area contributed by atoms with Crippen molar-refractivity contribution in [3.8, 4) is 0 Å². The highest BCUT2D eigenvalue weighted by molar-refractivity contribution is 9.10. The summed E-state index contributed by atoms with van der Waals surface area (Å²) in [7, 11) is 0.